The van der Waals surface area contributed by atoms with E-state index in [0.717, 1.165) is 12.8 Å². The highest BCUT2D eigenvalue weighted by Gasteiger charge is 2.27. The molecule has 2 aromatic carbocycles. The van der Waals surface area contributed by atoms with Crippen molar-refractivity contribution in [3.8, 4) is 11.5 Å². The fourth-order valence-electron chi connectivity index (χ4n) is 4.04. The van der Waals surface area contributed by atoms with E-state index in [4.69, 9.17) is 15.2 Å². The third-order valence-electron chi connectivity index (χ3n) is 5.56. The van der Waals surface area contributed by atoms with Gasteiger partial charge in [-0.1, -0.05) is 12.1 Å². The third kappa shape index (κ3) is 4.66. The minimum Gasteiger partial charge on any atom is -0.497 e. The summed E-state index contributed by atoms with van der Waals surface area (Å²) in [7, 11) is -2.00. The summed E-state index contributed by atoms with van der Waals surface area (Å²) in [6.07, 6.45) is 1.84. The maximum atomic E-state index is 12.9. The van der Waals surface area contributed by atoms with Crippen molar-refractivity contribution in [2.45, 2.75) is 18.6 Å². The predicted molar refractivity (Wildman–Crippen MR) is 117 cm³/mol. The van der Waals surface area contributed by atoms with Gasteiger partial charge in [-0.25, -0.2) is 8.42 Å². The van der Waals surface area contributed by atoms with E-state index < -0.39 is 10.0 Å². The van der Waals surface area contributed by atoms with Crippen molar-refractivity contribution in [1.29, 1.82) is 0 Å². The summed E-state index contributed by atoms with van der Waals surface area (Å²) in [5.74, 6) is 1.16. The van der Waals surface area contributed by atoms with Gasteiger partial charge in [0, 0.05) is 24.6 Å². The van der Waals surface area contributed by atoms with Crippen LogP contribution in [0.2, 0.25) is 0 Å². The lowest BCUT2D eigenvalue weighted by molar-refractivity contribution is 0.0633. The molecule has 0 aromatic heterocycles. The number of rotatable bonds is 5. The molecule has 4 rings (SSSR count). The SMILES string of the molecule is COc1ccc(C(=O)N2CCC[C@H](COc3cccc4c3C(N)=NS(=O)(=O)C4)C2)cc1. The second-order valence-corrected chi connectivity index (χ2v) is 9.43. The Hall–Kier alpha value is -3.07. The standard InChI is InChI=1S/C22H25N3O5S/c1-29-18-9-7-16(8-10-18)22(26)25-11-3-4-15(12-25)13-30-19-6-2-5-17-14-31(27,28)24-21(23)20(17)19/h2,5-10,15H,3-4,11-14H2,1H3,(H2,23,24)/t15-/m0/s1. The van der Waals surface area contributed by atoms with Crippen LogP contribution < -0.4 is 15.2 Å². The maximum Gasteiger partial charge on any atom is 0.259 e. The summed E-state index contributed by atoms with van der Waals surface area (Å²) in [5.41, 5.74) is 7.67. The fraction of sp³-hybridized carbons (Fsp3) is 0.364. The number of likely N-dealkylation sites (tertiary alicyclic amines) is 1. The lowest BCUT2D eigenvalue weighted by Gasteiger charge is -2.33. The van der Waals surface area contributed by atoms with Crippen LogP contribution in [0.5, 0.6) is 11.5 Å². The van der Waals surface area contributed by atoms with E-state index in [0.29, 0.717) is 47.9 Å². The molecule has 1 saturated heterocycles. The monoisotopic (exact) mass is 443 g/mol. The van der Waals surface area contributed by atoms with Gasteiger partial charge in [0.05, 0.1) is 25.0 Å². The Bertz CT molecular complexity index is 1110. The van der Waals surface area contributed by atoms with Crippen molar-refractivity contribution in [2.75, 3.05) is 26.8 Å². The topological polar surface area (TPSA) is 111 Å². The quantitative estimate of drug-likeness (QED) is 0.758. The predicted octanol–water partition coefficient (Wildman–Crippen LogP) is 2.18. The molecule has 1 atom stereocenters. The Morgan fingerprint density at radius 2 is 2.00 bits per heavy atom. The van der Waals surface area contributed by atoms with Gasteiger partial charge in [0.25, 0.3) is 15.9 Å². The molecule has 1 fully saturated rings. The van der Waals surface area contributed by atoms with E-state index in [1.165, 1.54) is 0 Å². The summed E-state index contributed by atoms with van der Waals surface area (Å²) in [5, 5.41) is 0. The number of hydrogen-bond acceptors (Lipinski definition) is 6. The Morgan fingerprint density at radius 3 is 2.74 bits per heavy atom. The number of amidine groups is 1. The number of piperidine rings is 1. The lowest BCUT2D eigenvalue weighted by atomic mass is 9.98. The number of nitrogens with two attached hydrogens (primary N) is 1. The van der Waals surface area contributed by atoms with Crippen LogP contribution >= 0.6 is 0 Å². The van der Waals surface area contributed by atoms with Crippen LogP contribution in [0, 0.1) is 5.92 Å². The zero-order valence-electron chi connectivity index (χ0n) is 17.3. The van der Waals surface area contributed by atoms with E-state index in [1.807, 2.05) is 4.90 Å². The molecule has 2 N–H and O–H groups in total. The van der Waals surface area contributed by atoms with E-state index in [9.17, 15) is 13.2 Å². The molecule has 164 valence electrons. The number of carbonyl (C=O) groups excluding carboxylic acids is 1. The zero-order valence-corrected chi connectivity index (χ0v) is 18.1. The Labute approximate surface area is 181 Å². The van der Waals surface area contributed by atoms with Crippen molar-refractivity contribution < 1.29 is 22.7 Å². The molecule has 9 heteroatoms. The van der Waals surface area contributed by atoms with Crippen LogP contribution in [0.3, 0.4) is 0 Å². The molecule has 8 nitrogen and oxygen atoms in total. The highest BCUT2D eigenvalue weighted by molar-refractivity contribution is 7.89. The highest BCUT2D eigenvalue weighted by Crippen LogP contribution is 2.29. The average molecular weight is 444 g/mol. The van der Waals surface area contributed by atoms with Crippen molar-refractivity contribution in [3.63, 3.8) is 0 Å². The average Bonchev–Trinajstić information content (AvgIpc) is 2.76. The smallest absolute Gasteiger partial charge is 0.259 e. The van der Waals surface area contributed by atoms with E-state index in [-0.39, 0.29) is 23.4 Å². The van der Waals surface area contributed by atoms with E-state index in [1.54, 1.807) is 49.6 Å². The molecule has 0 saturated carbocycles. The van der Waals surface area contributed by atoms with Crippen molar-refractivity contribution in [3.05, 3.63) is 59.2 Å². The largest absolute Gasteiger partial charge is 0.497 e. The summed E-state index contributed by atoms with van der Waals surface area (Å²) >= 11 is 0. The molecule has 2 aliphatic rings. The molecule has 0 radical (unpaired) electrons. The Balaban J connectivity index is 1.42. The molecular formula is C22H25N3O5S. The number of methoxy groups -OCH3 is 1. The first-order valence-electron chi connectivity index (χ1n) is 10.1. The molecule has 0 aliphatic carbocycles. The van der Waals surface area contributed by atoms with E-state index in [2.05, 4.69) is 4.40 Å². The lowest BCUT2D eigenvalue weighted by Crippen LogP contribution is -2.41. The number of sulfonamides is 1. The summed E-state index contributed by atoms with van der Waals surface area (Å²) in [4.78, 5) is 14.7. The number of ether oxygens (including phenoxy) is 2. The Kier molecular flexibility index (Phi) is 5.86. The molecule has 0 spiro atoms. The first kappa shape index (κ1) is 21.2. The van der Waals surface area contributed by atoms with E-state index >= 15 is 0 Å². The molecule has 0 unspecified atom stereocenters. The number of nitrogens with zero attached hydrogens (tertiary/aromatic N) is 2. The molecule has 1 amide bonds. The fourth-order valence-corrected chi connectivity index (χ4v) is 5.13. The minimum absolute atomic E-state index is 0.00831. The highest BCUT2D eigenvalue weighted by atomic mass is 32.2. The molecule has 2 aliphatic heterocycles. The summed E-state index contributed by atoms with van der Waals surface area (Å²) in [6.45, 7) is 1.71. The number of fused-ring (bicyclic) bond motifs is 1. The summed E-state index contributed by atoms with van der Waals surface area (Å²) in [6, 6.07) is 12.3. The van der Waals surface area contributed by atoms with Gasteiger partial charge >= 0.3 is 0 Å². The van der Waals surface area contributed by atoms with Crippen LogP contribution in [-0.2, 0) is 15.8 Å². The molecule has 2 aromatic rings. The van der Waals surface area contributed by atoms with Gasteiger partial charge in [-0.05, 0) is 48.7 Å². The Morgan fingerprint density at radius 1 is 1.23 bits per heavy atom. The van der Waals surface area contributed by atoms with Crippen LogP contribution in [-0.4, -0.2) is 51.9 Å². The number of carbonyl (C=O) groups is 1. The van der Waals surface area contributed by atoms with Crippen LogP contribution in [0.1, 0.15) is 34.3 Å². The maximum absolute atomic E-state index is 12.9. The van der Waals surface area contributed by atoms with Gasteiger partial charge in [0.2, 0.25) is 0 Å². The molecule has 2 heterocycles. The molecular weight excluding hydrogens is 418 g/mol. The summed E-state index contributed by atoms with van der Waals surface area (Å²) < 4.78 is 38.5. The van der Waals surface area contributed by atoms with Gasteiger partial charge in [-0.3, -0.25) is 4.79 Å². The normalized spacial score (nSPS) is 19.8. The van der Waals surface area contributed by atoms with Crippen LogP contribution in [0.25, 0.3) is 0 Å². The first-order chi connectivity index (χ1) is 14.9. The number of benzene rings is 2. The van der Waals surface area contributed by atoms with Crippen molar-refractivity contribution in [2.24, 2.45) is 16.0 Å². The zero-order chi connectivity index (χ0) is 22.0. The van der Waals surface area contributed by atoms with Crippen LogP contribution in [0.15, 0.2) is 46.9 Å². The van der Waals surface area contributed by atoms with Gasteiger partial charge in [0.15, 0.2) is 0 Å². The number of amides is 1. The number of hydrogen-bond donors (Lipinski definition) is 1. The van der Waals surface area contributed by atoms with Gasteiger partial charge in [-0.2, -0.15) is 0 Å². The van der Waals surface area contributed by atoms with Crippen molar-refractivity contribution in [1.82, 2.24) is 4.90 Å². The first-order valence-corrected chi connectivity index (χ1v) is 11.7. The van der Waals surface area contributed by atoms with Gasteiger partial charge < -0.3 is 20.1 Å². The molecule has 0 bridgehead atoms. The second-order valence-electron chi connectivity index (χ2n) is 7.79. The van der Waals surface area contributed by atoms with Gasteiger partial charge in [-0.15, -0.1) is 4.40 Å². The molecule has 31 heavy (non-hydrogen) atoms. The van der Waals surface area contributed by atoms with Crippen LogP contribution in [0.4, 0.5) is 0 Å². The third-order valence-corrected chi connectivity index (χ3v) is 6.71. The van der Waals surface area contributed by atoms with Crippen molar-refractivity contribution >= 4 is 21.8 Å². The van der Waals surface area contributed by atoms with Gasteiger partial charge in [0.1, 0.15) is 17.3 Å². The second kappa shape index (κ2) is 8.58. The minimum atomic E-state index is -3.59.